The molecular formula is C22H29O6P. The Morgan fingerprint density at radius 1 is 0.897 bits per heavy atom. The summed E-state index contributed by atoms with van der Waals surface area (Å²) in [5.74, 6) is -0.947. The number of esters is 1. The van der Waals surface area contributed by atoms with Crippen molar-refractivity contribution in [2.45, 2.75) is 26.2 Å². The number of ketones is 1. The molecule has 0 aromatic heterocycles. The van der Waals surface area contributed by atoms with E-state index in [2.05, 4.69) is 0 Å². The van der Waals surface area contributed by atoms with Gasteiger partial charge in [-0.25, -0.2) is 0 Å². The van der Waals surface area contributed by atoms with Gasteiger partial charge in [0.1, 0.15) is 23.0 Å². The van der Waals surface area contributed by atoms with Crippen LogP contribution in [-0.2, 0) is 14.1 Å². The minimum Gasteiger partial charge on any atom is -0.496 e. The summed E-state index contributed by atoms with van der Waals surface area (Å²) < 4.78 is 24.4. The highest BCUT2D eigenvalue weighted by Crippen LogP contribution is 2.34. The minimum absolute atomic E-state index is 0.233. The molecule has 0 spiro atoms. The van der Waals surface area contributed by atoms with E-state index in [-0.39, 0.29) is 12.2 Å². The van der Waals surface area contributed by atoms with Crippen LogP contribution in [0.4, 0.5) is 0 Å². The molecule has 6 nitrogen and oxygen atoms in total. The standard InChI is InChI=1S/C22H26O5.H3OP/c1-15(2)13-14-27-22(24)19(16-9-6-5-7-10-16)21(23)20-17(25-3)11-8-12-18(20)26-4;1-2/h5-12,15,19H,13-14H2,1-4H3;2H3. The summed E-state index contributed by atoms with van der Waals surface area (Å²) in [6.07, 6.45) is 0.736. The van der Waals surface area contributed by atoms with Gasteiger partial charge < -0.3 is 18.8 Å². The molecule has 0 saturated heterocycles. The largest absolute Gasteiger partial charge is 0.496 e. The maximum atomic E-state index is 13.4. The van der Waals surface area contributed by atoms with Crippen LogP contribution >= 0.6 is 9.12 Å². The smallest absolute Gasteiger partial charge is 0.321 e. The van der Waals surface area contributed by atoms with E-state index >= 15 is 0 Å². The quantitative estimate of drug-likeness (QED) is 0.262. The second-order valence-corrected chi connectivity index (χ2v) is 6.60. The fourth-order valence-corrected chi connectivity index (χ4v) is 2.76. The topological polar surface area (TPSA) is 78.9 Å². The molecule has 2 atom stereocenters. The van der Waals surface area contributed by atoms with Crippen molar-refractivity contribution in [3.8, 4) is 11.5 Å². The first-order valence-electron chi connectivity index (χ1n) is 9.25. The lowest BCUT2D eigenvalue weighted by molar-refractivity contribution is -0.144. The maximum Gasteiger partial charge on any atom is 0.321 e. The van der Waals surface area contributed by atoms with E-state index in [9.17, 15) is 9.59 Å². The maximum absolute atomic E-state index is 13.4. The number of hydrogen-bond donors (Lipinski definition) is 0. The zero-order valence-corrected chi connectivity index (χ0v) is 18.8. The van der Waals surface area contributed by atoms with Gasteiger partial charge in [0.05, 0.1) is 29.9 Å². The number of carbonyl (C=O) groups is 2. The highest BCUT2D eigenvalue weighted by Gasteiger charge is 2.34. The Morgan fingerprint density at radius 2 is 1.45 bits per heavy atom. The molecule has 0 N–H and O–H groups in total. The normalized spacial score (nSPS) is 11.2. The van der Waals surface area contributed by atoms with Crippen LogP contribution in [0.3, 0.4) is 0 Å². The predicted octanol–water partition coefficient (Wildman–Crippen LogP) is 4.20. The first-order chi connectivity index (χ1) is 14.0. The van der Waals surface area contributed by atoms with Crippen LogP contribution in [0, 0.1) is 5.92 Å². The Kier molecular flexibility index (Phi) is 10.8. The van der Waals surface area contributed by atoms with Crippen LogP contribution in [0.25, 0.3) is 0 Å². The van der Waals surface area contributed by atoms with Crippen LogP contribution in [0.15, 0.2) is 48.5 Å². The molecule has 2 aromatic carbocycles. The first kappa shape index (κ1) is 24.4. The fraction of sp³-hybridized carbons (Fsp3) is 0.364. The summed E-state index contributed by atoms with van der Waals surface area (Å²) in [7, 11) is 3.56. The monoisotopic (exact) mass is 420 g/mol. The van der Waals surface area contributed by atoms with Crippen LogP contribution in [0.2, 0.25) is 0 Å². The number of carbonyl (C=O) groups excluding carboxylic acids is 2. The van der Waals surface area contributed by atoms with E-state index in [1.807, 2.05) is 19.9 Å². The van der Waals surface area contributed by atoms with Crippen molar-refractivity contribution in [1.29, 1.82) is 0 Å². The van der Waals surface area contributed by atoms with Crippen LogP contribution in [-0.4, -0.2) is 32.6 Å². The fourth-order valence-electron chi connectivity index (χ4n) is 2.76. The van der Waals surface area contributed by atoms with Gasteiger partial charge in [-0.1, -0.05) is 50.2 Å². The molecule has 0 radical (unpaired) electrons. The zero-order chi connectivity index (χ0) is 21.8. The van der Waals surface area contributed by atoms with Gasteiger partial charge in [0.2, 0.25) is 0 Å². The summed E-state index contributed by atoms with van der Waals surface area (Å²) in [6, 6.07) is 14.0. The van der Waals surface area contributed by atoms with Crippen LogP contribution in [0.5, 0.6) is 11.5 Å². The minimum atomic E-state index is -1.08. The van der Waals surface area contributed by atoms with Gasteiger partial charge in [0.25, 0.3) is 0 Å². The second-order valence-electron chi connectivity index (χ2n) is 6.60. The van der Waals surface area contributed by atoms with Gasteiger partial charge in [0, 0.05) is 0 Å². The van der Waals surface area contributed by atoms with E-state index in [0.29, 0.717) is 32.1 Å². The van der Waals surface area contributed by atoms with E-state index in [1.54, 1.807) is 42.5 Å². The van der Waals surface area contributed by atoms with Gasteiger partial charge in [-0.15, -0.1) is 0 Å². The number of benzene rings is 2. The highest BCUT2D eigenvalue weighted by molar-refractivity contribution is 7.00. The van der Waals surface area contributed by atoms with Crippen molar-refractivity contribution < 1.29 is 28.4 Å². The van der Waals surface area contributed by atoms with Crippen molar-refractivity contribution >= 4 is 20.9 Å². The molecule has 0 aliphatic heterocycles. The Balaban J connectivity index is 0.00000204. The summed E-state index contributed by atoms with van der Waals surface area (Å²) in [4.78, 5) is 26.2. The van der Waals surface area contributed by atoms with Crippen molar-refractivity contribution in [2.24, 2.45) is 5.92 Å². The molecular weight excluding hydrogens is 391 g/mol. The lowest BCUT2D eigenvalue weighted by Gasteiger charge is -2.19. The molecule has 0 fully saturated rings. The molecule has 158 valence electrons. The molecule has 2 aromatic rings. The SMILES string of the molecule is COc1cccc(OC)c1C(=O)C(C(=O)OCCC(C)C)c1ccccc1.O=[PH3]. The molecule has 29 heavy (non-hydrogen) atoms. The van der Waals surface area contributed by atoms with Crippen LogP contribution in [0.1, 0.15) is 42.1 Å². The molecule has 0 bridgehead atoms. The van der Waals surface area contributed by atoms with Gasteiger partial charge in [0.15, 0.2) is 5.78 Å². The summed E-state index contributed by atoms with van der Waals surface area (Å²) in [5, 5.41) is 0. The second kappa shape index (κ2) is 12.8. The number of Topliss-reactive ketones (excluding diaryl/α,β-unsaturated/α-hetero) is 1. The van der Waals surface area contributed by atoms with Crippen molar-refractivity contribution in [3.05, 3.63) is 59.7 Å². The molecule has 0 amide bonds. The molecule has 0 aliphatic rings. The summed E-state index contributed by atoms with van der Waals surface area (Å²) in [6.45, 7) is 4.37. The van der Waals surface area contributed by atoms with E-state index in [0.717, 1.165) is 6.42 Å². The van der Waals surface area contributed by atoms with Gasteiger partial charge in [-0.05, 0) is 30.0 Å². The van der Waals surface area contributed by atoms with Gasteiger partial charge >= 0.3 is 5.97 Å². The molecule has 0 heterocycles. The number of hydrogen-bond acceptors (Lipinski definition) is 6. The van der Waals surface area contributed by atoms with Crippen LogP contribution < -0.4 is 9.47 Å². The van der Waals surface area contributed by atoms with E-state index in [4.69, 9.17) is 18.8 Å². The Labute approximate surface area is 173 Å². The number of ether oxygens (including phenoxy) is 3. The number of methoxy groups -OCH3 is 2. The van der Waals surface area contributed by atoms with E-state index < -0.39 is 17.7 Å². The summed E-state index contributed by atoms with van der Waals surface area (Å²) in [5.41, 5.74) is 0.808. The predicted molar refractivity (Wildman–Crippen MR) is 115 cm³/mol. The van der Waals surface area contributed by atoms with Crippen molar-refractivity contribution in [1.82, 2.24) is 0 Å². The zero-order valence-electron chi connectivity index (χ0n) is 17.3. The Hall–Kier alpha value is -2.59. The average Bonchev–Trinajstić information content (AvgIpc) is 2.75. The Morgan fingerprint density at radius 3 is 1.93 bits per heavy atom. The lowest BCUT2D eigenvalue weighted by Crippen LogP contribution is -2.26. The van der Waals surface area contributed by atoms with E-state index in [1.165, 1.54) is 14.2 Å². The molecule has 7 heteroatoms. The third-order valence-corrected chi connectivity index (χ3v) is 4.24. The van der Waals surface area contributed by atoms with Crippen molar-refractivity contribution in [3.63, 3.8) is 0 Å². The van der Waals surface area contributed by atoms with Gasteiger partial charge in [-0.3, -0.25) is 9.59 Å². The van der Waals surface area contributed by atoms with Gasteiger partial charge in [-0.2, -0.15) is 0 Å². The highest BCUT2D eigenvalue weighted by atomic mass is 31.0. The molecule has 2 rings (SSSR count). The third-order valence-electron chi connectivity index (χ3n) is 4.24. The molecule has 0 saturated carbocycles. The molecule has 2 unspecified atom stereocenters. The number of rotatable bonds is 9. The summed E-state index contributed by atoms with van der Waals surface area (Å²) >= 11 is 0. The molecule has 0 aliphatic carbocycles. The third kappa shape index (κ3) is 6.75. The van der Waals surface area contributed by atoms with Crippen molar-refractivity contribution in [2.75, 3.05) is 20.8 Å². The Bertz CT molecular complexity index is 769. The average molecular weight is 420 g/mol. The lowest BCUT2D eigenvalue weighted by atomic mass is 9.89. The first-order valence-corrected chi connectivity index (χ1v) is 9.83.